The summed E-state index contributed by atoms with van der Waals surface area (Å²) < 4.78 is 7.76. The number of pyridine rings is 2. The lowest BCUT2D eigenvalue weighted by atomic mass is 10.3. The number of rotatable bonds is 7. The molecule has 0 bridgehead atoms. The van der Waals surface area contributed by atoms with Gasteiger partial charge < -0.3 is 19.5 Å². The van der Waals surface area contributed by atoms with Gasteiger partial charge in [-0.25, -0.2) is 15.0 Å². The van der Waals surface area contributed by atoms with Crippen molar-refractivity contribution in [3.63, 3.8) is 0 Å². The lowest BCUT2D eigenvalue weighted by Crippen LogP contribution is -2.20. The smallest absolute Gasteiger partial charge is 0.275 e. The third-order valence-electron chi connectivity index (χ3n) is 5.55. The van der Waals surface area contributed by atoms with Crippen molar-refractivity contribution in [2.24, 2.45) is 0 Å². The number of anilines is 2. The van der Waals surface area contributed by atoms with Gasteiger partial charge in [0.25, 0.3) is 5.91 Å². The van der Waals surface area contributed by atoms with Gasteiger partial charge in [0.15, 0.2) is 11.6 Å². The molecule has 5 heterocycles. The number of carbonyl (C=O) groups is 1. The maximum absolute atomic E-state index is 12.9. The minimum absolute atomic E-state index is 0.175. The molecule has 1 aliphatic heterocycles. The number of aromatic nitrogens is 7. The standard InChI is InChI=1S/C24H25N9O2/c1-16(2)33-15-28-31-22(33)19-6-5-7-21(29-19)30-23(34)20-12-17(8-9-25-20)35-18-13-26-24(27-14-18)32-10-3-4-11-32/h5-9,12-16H,3-4,10-11H2,1-2H3,(H,29,30,34). The number of hydrogen-bond acceptors (Lipinski definition) is 9. The van der Waals surface area contributed by atoms with Crippen molar-refractivity contribution in [1.29, 1.82) is 0 Å². The van der Waals surface area contributed by atoms with Gasteiger partial charge in [-0.15, -0.1) is 10.2 Å². The first kappa shape index (κ1) is 22.4. The van der Waals surface area contributed by atoms with Crippen molar-refractivity contribution < 1.29 is 9.53 Å². The summed E-state index contributed by atoms with van der Waals surface area (Å²) in [5.74, 6) is 2.23. The molecule has 4 aromatic heterocycles. The second-order valence-corrected chi connectivity index (χ2v) is 8.41. The highest BCUT2D eigenvalue weighted by Crippen LogP contribution is 2.23. The van der Waals surface area contributed by atoms with Crippen LogP contribution in [0.3, 0.4) is 0 Å². The molecule has 0 radical (unpaired) electrons. The Balaban J connectivity index is 1.27. The van der Waals surface area contributed by atoms with Gasteiger partial charge in [-0.05, 0) is 44.9 Å². The molecule has 178 valence electrons. The van der Waals surface area contributed by atoms with E-state index in [0.717, 1.165) is 25.9 Å². The first-order valence-corrected chi connectivity index (χ1v) is 11.5. The van der Waals surface area contributed by atoms with Gasteiger partial charge >= 0.3 is 0 Å². The van der Waals surface area contributed by atoms with Crippen LogP contribution in [0.25, 0.3) is 11.5 Å². The van der Waals surface area contributed by atoms with E-state index in [1.165, 1.54) is 6.20 Å². The van der Waals surface area contributed by atoms with Crippen molar-refractivity contribution >= 4 is 17.7 Å². The molecule has 35 heavy (non-hydrogen) atoms. The van der Waals surface area contributed by atoms with Crippen LogP contribution >= 0.6 is 0 Å². The summed E-state index contributed by atoms with van der Waals surface area (Å²) >= 11 is 0. The lowest BCUT2D eigenvalue weighted by molar-refractivity contribution is 0.102. The molecule has 5 rings (SSSR count). The summed E-state index contributed by atoms with van der Waals surface area (Å²) in [6.45, 7) is 6.01. The Labute approximate surface area is 202 Å². The highest BCUT2D eigenvalue weighted by molar-refractivity contribution is 6.02. The molecule has 0 aliphatic carbocycles. The van der Waals surface area contributed by atoms with E-state index in [-0.39, 0.29) is 11.7 Å². The lowest BCUT2D eigenvalue weighted by Gasteiger charge is -2.14. The van der Waals surface area contributed by atoms with Crippen LogP contribution in [0.2, 0.25) is 0 Å². The van der Waals surface area contributed by atoms with Gasteiger partial charge in [0.05, 0.1) is 12.4 Å². The van der Waals surface area contributed by atoms with Crippen LogP contribution in [0.5, 0.6) is 11.5 Å². The molecule has 0 atom stereocenters. The number of nitrogens with zero attached hydrogens (tertiary/aromatic N) is 8. The minimum atomic E-state index is -0.411. The van der Waals surface area contributed by atoms with Gasteiger partial charge in [-0.3, -0.25) is 9.78 Å². The molecular formula is C24H25N9O2. The van der Waals surface area contributed by atoms with E-state index >= 15 is 0 Å². The summed E-state index contributed by atoms with van der Waals surface area (Å²) in [7, 11) is 0. The van der Waals surface area contributed by atoms with Gasteiger partial charge in [0.1, 0.15) is 29.3 Å². The van der Waals surface area contributed by atoms with Gasteiger partial charge in [-0.1, -0.05) is 6.07 Å². The molecule has 1 saturated heterocycles. The maximum atomic E-state index is 12.9. The predicted octanol–water partition coefficient (Wildman–Crippen LogP) is 3.75. The average Bonchev–Trinajstić information content (AvgIpc) is 3.58. The fourth-order valence-corrected chi connectivity index (χ4v) is 3.79. The van der Waals surface area contributed by atoms with Crippen molar-refractivity contribution in [2.45, 2.75) is 32.7 Å². The van der Waals surface area contributed by atoms with Crippen LogP contribution in [-0.4, -0.2) is 53.7 Å². The first-order valence-electron chi connectivity index (χ1n) is 11.5. The van der Waals surface area contributed by atoms with Crippen LogP contribution in [0.4, 0.5) is 11.8 Å². The Bertz CT molecular complexity index is 1310. The van der Waals surface area contributed by atoms with Crippen LogP contribution in [0.1, 0.15) is 43.2 Å². The van der Waals surface area contributed by atoms with Crippen LogP contribution in [-0.2, 0) is 0 Å². The van der Waals surface area contributed by atoms with Crippen molar-refractivity contribution in [2.75, 3.05) is 23.3 Å². The van der Waals surface area contributed by atoms with Crippen LogP contribution in [0.15, 0.2) is 55.2 Å². The zero-order chi connectivity index (χ0) is 24.2. The van der Waals surface area contributed by atoms with Crippen molar-refractivity contribution in [3.05, 3.63) is 60.9 Å². The number of hydrogen-bond donors (Lipinski definition) is 1. The van der Waals surface area contributed by atoms with Crippen LogP contribution in [0, 0.1) is 0 Å². The Morgan fingerprint density at radius 1 is 1.06 bits per heavy atom. The molecule has 0 spiro atoms. The predicted molar refractivity (Wildman–Crippen MR) is 129 cm³/mol. The van der Waals surface area contributed by atoms with Gasteiger partial charge in [0.2, 0.25) is 5.95 Å². The largest absolute Gasteiger partial charge is 0.454 e. The highest BCUT2D eigenvalue weighted by atomic mass is 16.5. The molecule has 1 N–H and O–H groups in total. The summed E-state index contributed by atoms with van der Waals surface area (Å²) in [5.41, 5.74) is 0.797. The molecule has 0 unspecified atom stereocenters. The quantitative estimate of drug-likeness (QED) is 0.429. The zero-order valence-corrected chi connectivity index (χ0v) is 19.5. The molecule has 1 aliphatic rings. The summed E-state index contributed by atoms with van der Waals surface area (Å²) in [5, 5.41) is 10.9. The second kappa shape index (κ2) is 9.84. The summed E-state index contributed by atoms with van der Waals surface area (Å²) in [6, 6.07) is 8.73. The van der Waals surface area contributed by atoms with Gasteiger partial charge in [0, 0.05) is 31.4 Å². The first-order chi connectivity index (χ1) is 17.1. The van der Waals surface area contributed by atoms with E-state index in [1.807, 2.05) is 24.5 Å². The summed E-state index contributed by atoms with van der Waals surface area (Å²) in [6.07, 6.45) is 8.75. The van der Waals surface area contributed by atoms with E-state index in [1.54, 1.807) is 43.0 Å². The molecular weight excluding hydrogens is 446 g/mol. The average molecular weight is 472 g/mol. The second-order valence-electron chi connectivity index (χ2n) is 8.41. The molecule has 0 aromatic carbocycles. The highest BCUT2D eigenvalue weighted by Gasteiger charge is 2.16. The molecule has 1 fully saturated rings. The van der Waals surface area contributed by atoms with Crippen molar-refractivity contribution in [3.8, 4) is 23.0 Å². The Kier molecular flexibility index (Phi) is 6.29. The van der Waals surface area contributed by atoms with E-state index in [9.17, 15) is 4.79 Å². The maximum Gasteiger partial charge on any atom is 0.275 e. The normalized spacial score (nSPS) is 13.3. The SMILES string of the molecule is CC(C)n1cnnc1-c1cccc(NC(=O)c2cc(Oc3cnc(N4CCCC4)nc3)ccn2)n1. The Morgan fingerprint density at radius 3 is 2.63 bits per heavy atom. The third kappa shape index (κ3) is 5.08. The number of amides is 1. The minimum Gasteiger partial charge on any atom is -0.454 e. The topological polar surface area (TPSA) is 124 Å². The van der Waals surface area contributed by atoms with E-state index in [2.05, 4.69) is 40.3 Å². The Morgan fingerprint density at radius 2 is 1.86 bits per heavy atom. The molecule has 4 aromatic rings. The van der Waals surface area contributed by atoms with E-state index in [4.69, 9.17) is 4.74 Å². The van der Waals surface area contributed by atoms with E-state index < -0.39 is 5.91 Å². The monoisotopic (exact) mass is 471 g/mol. The molecule has 1 amide bonds. The van der Waals surface area contributed by atoms with E-state index in [0.29, 0.717) is 34.8 Å². The number of ether oxygens (including phenoxy) is 1. The molecule has 11 heteroatoms. The number of nitrogens with one attached hydrogen (secondary N) is 1. The number of carbonyl (C=O) groups excluding carboxylic acids is 1. The molecule has 11 nitrogen and oxygen atoms in total. The zero-order valence-electron chi connectivity index (χ0n) is 19.5. The fourth-order valence-electron chi connectivity index (χ4n) is 3.79. The van der Waals surface area contributed by atoms with Crippen molar-refractivity contribution in [1.82, 2.24) is 34.7 Å². The Hall–Kier alpha value is -4.41. The van der Waals surface area contributed by atoms with Gasteiger partial charge in [-0.2, -0.15) is 0 Å². The molecule has 0 saturated carbocycles. The third-order valence-corrected chi connectivity index (χ3v) is 5.55. The van der Waals surface area contributed by atoms with Crippen LogP contribution < -0.4 is 15.0 Å². The fraction of sp³-hybridized carbons (Fsp3) is 0.292. The summed E-state index contributed by atoms with van der Waals surface area (Å²) in [4.78, 5) is 32.5.